The van der Waals surface area contributed by atoms with Gasteiger partial charge in [0.2, 0.25) is 0 Å². The van der Waals surface area contributed by atoms with Crippen molar-refractivity contribution in [3.05, 3.63) is 75.1 Å². The second kappa shape index (κ2) is 7.38. The van der Waals surface area contributed by atoms with Crippen LogP contribution in [-0.4, -0.2) is 37.2 Å². The van der Waals surface area contributed by atoms with Crippen molar-refractivity contribution >= 4 is 16.8 Å². The summed E-state index contributed by atoms with van der Waals surface area (Å²) in [6.07, 6.45) is 2.64. The average molecular weight is 390 g/mol. The Labute approximate surface area is 167 Å². The third-order valence-corrected chi connectivity index (χ3v) is 4.74. The minimum Gasteiger partial charge on any atom is -0.361 e. The van der Waals surface area contributed by atoms with E-state index in [2.05, 4.69) is 50.5 Å². The Hall–Kier alpha value is -3.68. The topological polar surface area (TPSA) is 108 Å². The maximum absolute atomic E-state index is 12.5. The van der Waals surface area contributed by atoms with Crippen LogP contribution >= 0.6 is 0 Å². The van der Waals surface area contributed by atoms with Crippen LogP contribution in [0.5, 0.6) is 0 Å². The van der Waals surface area contributed by atoms with Gasteiger partial charge in [-0.05, 0) is 50.5 Å². The molecule has 0 aliphatic carbocycles. The fourth-order valence-corrected chi connectivity index (χ4v) is 3.38. The molecule has 0 bridgehead atoms. The molecule has 0 atom stereocenters. The number of hydrogen-bond donors (Lipinski definition) is 3. The number of nitrogens with zero attached hydrogens (tertiary/aromatic N) is 3. The molecule has 3 aromatic heterocycles. The van der Waals surface area contributed by atoms with Crippen molar-refractivity contribution in [2.75, 3.05) is 6.54 Å². The van der Waals surface area contributed by atoms with Gasteiger partial charge in [-0.2, -0.15) is 4.68 Å². The number of rotatable bonds is 5. The molecule has 0 saturated heterocycles. The van der Waals surface area contributed by atoms with Gasteiger partial charge in [-0.15, -0.1) is 0 Å². The van der Waals surface area contributed by atoms with Gasteiger partial charge in [0.1, 0.15) is 5.69 Å². The molecule has 4 rings (SSSR count). The van der Waals surface area contributed by atoms with Gasteiger partial charge in [0.15, 0.2) is 0 Å². The molecular weight excluding hydrogens is 368 g/mol. The van der Waals surface area contributed by atoms with E-state index < -0.39 is 0 Å². The number of H-pyrrole nitrogens is 2. The molecule has 0 unspecified atom stereocenters. The van der Waals surface area contributed by atoms with Gasteiger partial charge in [0, 0.05) is 41.1 Å². The summed E-state index contributed by atoms with van der Waals surface area (Å²) >= 11 is 0. The van der Waals surface area contributed by atoms with Crippen LogP contribution in [0.3, 0.4) is 0 Å². The fourth-order valence-electron chi connectivity index (χ4n) is 3.38. The van der Waals surface area contributed by atoms with Crippen molar-refractivity contribution in [1.29, 1.82) is 0 Å². The first-order valence-corrected chi connectivity index (χ1v) is 9.40. The minimum atomic E-state index is -0.382. The number of hydrogen-bond acceptors (Lipinski definition) is 4. The standard InChI is InChI=1S/C21H22N6O2/c1-12-4-5-16-15(11-23-17(16)8-12)6-7-22-20(29)18-10-19(28)27(26-18)21-24-13(2)9-14(3)25-21/h4-5,8-11,23,26H,6-7H2,1-3H3,(H,22,29). The Bertz CT molecular complexity index is 1240. The monoisotopic (exact) mass is 390 g/mol. The molecule has 0 radical (unpaired) electrons. The van der Waals surface area contributed by atoms with E-state index in [1.807, 2.05) is 26.1 Å². The van der Waals surface area contributed by atoms with E-state index in [1.165, 1.54) is 16.3 Å². The zero-order valence-corrected chi connectivity index (χ0v) is 16.5. The molecule has 0 aliphatic heterocycles. The van der Waals surface area contributed by atoms with Gasteiger partial charge in [0.25, 0.3) is 17.4 Å². The highest BCUT2D eigenvalue weighted by molar-refractivity contribution is 5.92. The summed E-state index contributed by atoms with van der Waals surface area (Å²) in [4.78, 5) is 36.5. The second-order valence-corrected chi connectivity index (χ2v) is 7.16. The minimum absolute atomic E-state index is 0.173. The van der Waals surface area contributed by atoms with Crippen molar-refractivity contribution in [3.8, 4) is 5.95 Å². The average Bonchev–Trinajstić information content (AvgIpc) is 3.24. The van der Waals surface area contributed by atoms with E-state index in [4.69, 9.17) is 0 Å². The Balaban J connectivity index is 1.45. The first-order valence-electron chi connectivity index (χ1n) is 9.40. The molecule has 148 valence electrons. The van der Waals surface area contributed by atoms with Gasteiger partial charge in [-0.3, -0.25) is 14.7 Å². The molecule has 8 heteroatoms. The van der Waals surface area contributed by atoms with Crippen molar-refractivity contribution in [3.63, 3.8) is 0 Å². The summed E-state index contributed by atoms with van der Waals surface area (Å²) < 4.78 is 1.18. The first kappa shape index (κ1) is 18.7. The van der Waals surface area contributed by atoms with Gasteiger partial charge in [-0.1, -0.05) is 12.1 Å². The molecule has 29 heavy (non-hydrogen) atoms. The van der Waals surface area contributed by atoms with Crippen LogP contribution in [-0.2, 0) is 6.42 Å². The Kier molecular flexibility index (Phi) is 4.75. The Morgan fingerprint density at radius 1 is 1.10 bits per heavy atom. The van der Waals surface area contributed by atoms with E-state index in [0.29, 0.717) is 13.0 Å². The van der Waals surface area contributed by atoms with E-state index >= 15 is 0 Å². The molecule has 4 aromatic rings. The Morgan fingerprint density at radius 3 is 2.62 bits per heavy atom. The van der Waals surface area contributed by atoms with E-state index in [1.54, 1.807) is 0 Å². The van der Waals surface area contributed by atoms with Gasteiger partial charge < -0.3 is 10.3 Å². The summed E-state index contributed by atoms with van der Waals surface area (Å²) in [6.45, 7) is 6.15. The predicted octanol–water partition coefficient (Wildman–Crippen LogP) is 2.33. The SMILES string of the molecule is Cc1ccc2c(CCNC(=O)c3cc(=O)n(-c4nc(C)cc(C)n4)[nH]3)c[nH]c2c1. The van der Waals surface area contributed by atoms with E-state index in [0.717, 1.165) is 27.9 Å². The molecule has 1 amide bonds. The number of aromatic amines is 2. The molecule has 0 saturated carbocycles. The fraction of sp³-hybridized carbons (Fsp3) is 0.238. The number of benzene rings is 1. The van der Waals surface area contributed by atoms with Crippen molar-refractivity contribution in [2.24, 2.45) is 0 Å². The number of nitrogens with one attached hydrogen (secondary N) is 3. The predicted molar refractivity (Wildman–Crippen MR) is 111 cm³/mol. The summed E-state index contributed by atoms with van der Waals surface area (Å²) in [5, 5.41) is 6.79. The lowest BCUT2D eigenvalue weighted by atomic mass is 10.1. The van der Waals surface area contributed by atoms with E-state index in [9.17, 15) is 9.59 Å². The molecular formula is C21H22N6O2. The number of carbonyl (C=O) groups is 1. The highest BCUT2D eigenvalue weighted by Gasteiger charge is 2.14. The highest BCUT2D eigenvalue weighted by atomic mass is 16.2. The summed E-state index contributed by atoms with van der Waals surface area (Å²) in [5.41, 5.74) is 4.69. The summed E-state index contributed by atoms with van der Waals surface area (Å²) in [5.74, 6) is -0.124. The zero-order valence-electron chi connectivity index (χ0n) is 16.5. The van der Waals surface area contributed by atoms with Gasteiger partial charge in [0.05, 0.1) is 0 Å². The van der Waals surface area contributed by atoms with Crippen LogP contribution in [0.2, 0.25) is 0 Å². The Morgan fingerprint density at radius 2 is 1.86 bits per heavy atom. The van der Waals surface area contributed by atoms with E-state index in [-0.39, 0.29) is 23.1 Å². The highest BCUT2D eigenvalue weighted by Crippen LogP contribution is 2.19. The smallest absolute Gasteiger partial charge is 0.274 e. The largest absolute Gasteiger partial charge is 0.361 e. The van der Waals surface area contributed by atoms with Crippen molar-refractivity contribution in [2.45, 2.75) is 27.2 Å². The molecule has 8 nitrogen and oxygen atoms in total. The lowest BCUT2D eigenvalue weighted by Crippen LogP contribution is -2.26. The molecule has 1 aromatic carbocycles. The quantitative estimate of drug-likeness (QED) is 0.486. The molecule has 3 heterocycles. The second-order valence-electron chi connectivity index (χ2n) is 7.16. The summed E-state index contributed by atoms with van der Waals surface area (Å²) in [6, 6.07) is 9.32. The van der Waals surface area contributed by atoms with Crippen LogP contribution in [0.1, 0.15) is 33.0 Å². The number of aromatic nitrogens is 5. The number of aryl methyl sites for hydroxylation is 3. The van der Waals surface area contributed by atoms with Gasteiger partial charge >= 0.3 is 0 Å². The molecule has 0 spiro atoms. The van der Waals surface area contributed by atoms with Crippen molar-refractivity contribution < 1.29 is 4.79 Å². The van der Waals surface area contributed by atoms with Crippen LogP contribution in [0.15, 0.2) is 41.3 Å². The van der Waals surface area contributed by atoms with Gasteiger partial charge in [-0.25, -0.2) is 9.97 Å². The summed E-state index contributed by atoms with van der Waals surface area (Å²) in [7, 11) is 0. The number of amides is 1. The lowest BCUT2D eigenvalue weighted by molar-refractivity contribution is 0.0948. The molecule has 0 aliphatic rings. The van der Waals surface area contributed by atoms with Crippen LogP contribution < -0.4 is 10.9 Å². The maximum atomic E-state index is 12.5. The zero-order chi connectivity index (χ0) is 20.5. The molecule has 3 N–H and O–H groups in total. The van der Waals surface area contributed by atoms with Crippen LogP contribution in [0.25, 0.3) is 16.9 Å². The van der Waals surface area contributed by atoms with Crippen LogP contribution in [0.4, 0.5) is 0 Å². The molecule has 0 fully saturated rings. The normalized spacial score (nSPS) is 11.1. The van der Waals surface area contributed by atoms with Crippen molar-refractivity contribution in [1.82, 2.24) is 30.0 Å². The lowest BCUT2D eigenvalue weighted by Gasteiger charge is -2.05. The number of carbonyl (C=O) groups excluding carboxylic acids is 1. The van der Waals surface area contributed by atoms with Crippen LogP contribution in [0, 0.1) is 20.8 Å². The third-order valence-electron chi connectivity index (χ3n) is 4.74. The number of fused-ring (bicyclic) bond motifs is 1. The first-order chi connectivity index (χ1) is 13.9. The maximum Gasteiger partial charge on any atom is 0.274 e. The third kappa shape index (κ3) is 3.82.